The molecule has 2 aromatic rings. The second kappa shape index (κ2) is 6.04. The first-order valence-electron chi connectivity index (χ1n) is 7.46. The van der Waals surface area contributed by atoms with E-state index in [0.717, 1.165) is 10.6 Å². The Balaban J connectivity index is 1.78. The van der Waals surface area contributed by atoms with E-state index < -0.39 is 0 Å². The van der Waals surface area contributed by atoms with E-state index in [-0.39, 0.29) is 17.9 Å². The Hall–Kier alpha value is -2.34. The maximum Gasteiger partial charge on any atom is 0.251 e. The van der Waals surface area contributed by atoms with Crippen molar-refractivity contribution in [3.63, 3.8) is 0 Å². The molecule has 1 atom stereocenters. The van der Waals surface area contributed by atoms with Gasteiger partial charge in [0.1, 0.15) is 0 Å². The fraction of sp³-hybridized carbons (Fsp3) is 0.294. The molecule has 6 heteroatoms. The summed E-state index contributed by atoms with van der Waals surface area (Å²) >= 11 is 1.68. The van der Waals surface area contributed by atoms with Gasteiger partial charge >= 0.3 is 0 Å². The van der Waals surface area contributed by atoms with Crippen LogP contribution >= 0.6 is 11.3 Å². The minimum absolute atomic E-state index is 0.0468. The van der Waals surface area contributed by atoms with Crippen molar-refractivity contribution >= 4 is 34.5 Å². The van der Waals surface area contributed by atoms with E-state index in [1.165, 1.54) is 4.88 Å². The molecule has 0 saturated carbocycles. The normalized spacial score (nSPS) is 14.9. The number of likely N-dealkylation sites (N-methyl/N-ethyl adjacent to an activating group) is 1. The summed E-state index contributed by atoms with van der Waals surface area (Å²) in [7, 11) is 1.86. The minimum atomic E-state index is -0.145. The van der Waals surface area contributed by atoms with E-state index in [2.05, 4.69) is 10.6 Å². The average Bonchev–Trinajstić information content (AvgIpc) is 2.93. The molecule has 1 aliphatic heterocycles. The zero-order valence-electron chi connectivity index (χ0n) is 13.3. The number of benzene rings is 1. The van der Waals surface area contributed by atoms with Gasteiger partial charge in [0.05, 0.1) is 24.0 Å². The van der Waals surface area contributed by atoms with Crippen molar-refractivity contribution in [3.05, 3.63) is 45.6 Å². The quantitative estimate of drug-likeness (QED) is 0.910. The fourth-order valence-electron chi connectivity index (χ4n) is 2.64. The van der Waals surface area contributed by atoms with Gasteiger partial charge in [0.25, 0.3) is 5.91 Å². The molecule has 1 aromatic heterocycles. The molecular weight excluding hydrogens is 310 g/mol. The number of aryl methyl sites for hydroxylation is 1. The first-order valence-corrected chi connectivity index (χ1v) is 8.28. The average molecular weight is 329 g/mol. The van der Waals surface area contributed by atoms with Gasteiger partial charge in [-0.2, -0.15) is 0 Å². The second-order valence-electron chi connectivity index (χ2n) is 5.78. The van der Waals surface area contributed by atoms with E-state index in [1.54, 1.807) is 23.5 Å². The Morgan fingerprint density at radius 3 is 2.83 bits per heavy atom. The maximum atomic E-state index is 12.5. The van der Waals surface area contributed by atoms with Gasteiger partial charge in [-0.1, -0.05) is 0 Å². The van der Waals surface area contributed by atoms with Gasteiger partial charge in [0.2, 0.25) is 5.91 Å². The number of thiophene rings is 1. The number of amides is 2. The summed E-state index contributed by atoms with van der Waals surface area (Å²) in [6.07, 6.45) is 0. The van der Waals surface area contributed by atoms with Gasteiger partial charge in [-0.3, -0.25) is 9.59 Å². The number of hydrogen-bond donors (Lipinski definition) is 2. The number of carbonyl (C=O) groups excluding carboxylic acids is 2. The van der Waals surface area contributed by atoms with Crippen LogP contribution in [-0.4, -0.2) is 25.4 Å². The van der Waals surface area contributed by atoms with Gasteiger partial charge in [-0.05, 0) is 44.2 Å². The molecule has 2 N–H and O–H groups in total. The van der Waals surface area contributed by atoms with Gasteiger partial charge in [-0.15, -0.1) is 11.3 Å². The molecule has 1 aliphatic rings. The third-order valence-electron chi connectivity index (χ3n) is 3.86. The van der Waals surface area contributed by atoms with Gasteiger partial charge in [0.15, 0.2) is 0 Å². The summed E-state index contributed by atoms with van der Waals surface area (Å²) < 4.78 is 0. The highest BCUT2D eigenvalue weighted by Gasteiger charge is 2.21. The Labute approximate surface area is 139 Å². The molecule has 120 valence electrons. The van der Waals surface area contributed by atoms with Crippen LogP contribution in [0.5, 0.6) is 0 Å². The highest BCUT2D eigenvalue weighted by Crippen LogP contribution is 2.29. The van der Waals surface area contributed by atoms with Crippen LogP contribution in [-0.2, 0) is 4.79 Å². The summed E-state index contributed by atoms with van der Waals surface area (Å²) in [5.41, 5.74) is 2.14. The summed E-state index contributed by atoms with van der Waals surface area (Å²) in [6, 6.07) is 9.41. The molecule has 23 heavy (non-hydrogen) atoms. The summed E-state index contributed by atoms with van der Waals surface area (Å²) in [6.45, 7) is 4.34. The molecule has 0 spiro atoms. The largest absolute Gasteiger partial charge is 0.364 e. The summed E-state index contributed by atoms with van der Waals surface area (Å²) in [4.78, 5) is 28.3. The molecule has 0 bridgehead atoms. The number of nitrogens with one attached hydrogen (secondary N) is 2. The SMILES string of the molecule is Cc1ccc([C@H](C)NC(=O)c2ccc3c(c2)NC(=O)CN3C)s1. The minimum Gasteiger partial charge on any atom is -0.364 e. The van der Waals surface area contributed by atoms with E-state index >= 15 is 0 Å². The standard InChI is InChI=1S/C17H19N3O2S/c1-10-4-7-15(23-10)11(2)18-17(22)12-5-6-14-13(8-12)19-16(21)9-20(14)3/h4-8,11H,9H2,1-3H3,(H,18,22)(H,19,21)/t11-/m0/s1. The fourth-order valence-corrected chi connectivity index (χ4v) is 3.52. The number of anilines is 2. The molecule has 0 aliphatic carbocycles. The molecule has 0 unspecified atom stereocenters. The van der Waals surface area contributed by atoms with Crippen LogP contribution in [0.4, 0.5) is 11.4 Å². The molecule has 0 saturated heterocycles. The van der Waals surface area contributed by atoms with Crippen molar-refractivity contribution < 1.29 is 9.59 Å². The topological polar surface area (TPSA) is 61.4 Å². The van der Waals surface area contributed by atoms with Crippen LogP contribution in [0, 0.1) is 6.92 Å². The van der Waals surface area contributed by atoms with Crippen molar-refractivity contribution in [1.82, 2.24) is 5.32 Å². The van der Waals surface area contributed by atoms with E-state index in [1.807, 2.05) is 44.0 Å². The predicted octanol–water partition coefficient (Wildman–Crippen LogP) is 2.94. The zero-order valence-corrected chi connectivity index (χ0v) is 14.2. The Morgan fingerprint density at radius 2 is 2.13 bits per heavy atom. The van der Waals surface area contributed by atoms with Gasteiger partial charge < -0.3 is 15.5 Å². The predicted molar refractivity (Wildman–Crippen MR) is 93.3 cm³/mol. The molecule has 0 fully saturated rings. The number of fused-ring (bicyclic) bond motifs is 1. The van der Waals surface area contributed by atoms with Crippen LogP contribution in [0.3, 0.4) is 0 Å². The highest BCUT2D eigenvalue weighted by atomic mass is 32.1. The lowest BCUT2D eigenvalue weighted by atomic mass is 10.1. The summed E-state index contributed by atoms with van der Waals surface area (Å²) in [5.74, 6) is -0.214. The second-order valence-corrected chi connectivity index (χ2v) is 7.10. The first-order chi connectivity index (χ1) is 10.9. The van der Waals surface area contributed by atoms with Crippen molar-refractivity contribution in [2.45, 2.75) is 19.9 Å². The monoisotopic (exact) mass is 329 g/mol. The van der Waals surface area contributed by atoms with Crippen LogP contribution in [0.25, 0.3) is 0 Å². The number of hydrogen-bond acceptors (Lipinski definition) is 4. The lowest BCUT2D eigenvalue weighted by Gasteiger charge is -2.27. The Kier molecular flexibility index (Phi) is 4.09. The highest BCUT2D eigenvalue weighted by molar-refractivity contribution is 7.12. The lowest BCUT2D eigenvalue weighted by Crippen LogP contribution is -2.35. The van der Waals surface area contributed by atoms with Crippen molar-refractivity contribution in [2.75, 3.05) is 23.8 Å². The van der Waals surface area contributed by atoms with Crippen LogP contribution in [0.2, 0.25) is 0 Å². The smallest absolute Gasteiger partial charge is 0.251 e. The van der Waals surface area contributed by atoms with Crippen LogP contribution < -0.4 is 15.5 Å². The van der Waals surface area contributed by atoms with E-state index in [0.29, 0.717) is 17.8 Å². The van der Waals surface area contributed by atoms with Crippen LogP contribution in [0.1, 0.15) is 33.1 Å². The zero-order chi connectivity index (χ0) is 16.6. The Bertz CT molecular complexity index is 769. The van der Waals surface area contributed by atoms with Crippen LogP contribution in [0.15, 0.2) is 30.3 Å². The molecule has 2 heterocycles. The maximum absolute atomic E-state index is 12.5. The first kappa shape index (κ1) is 15.6. The number of rotatable bonds is 3. The molecular formula is C17H19N3O2S. The molecule has 2 amide bonds. The molecule has 3 rings (SSSR count). The Morgan fingerprint density at radius 1 is 1.35 bits per heavy atom. The van der Waals surface area contributed by atoms with Crippen molar-refractivity contribution in [3.8, 4) is 0 Å². The van der Waals surface area contributed by atoms with Gasteiger partial charge in [-0.25, -0.2) is 0 Å². The third-order valence-corrected chi connectivity index (χ3v) is 5.04. The van der Waals surface area contributed by atoms with Crippen molar-refractivity contribution in [1.29, 1.82) is 0 Å². The van der Waals surface area contributed by atoms with Gasteiger partial charge in [0, 0.05) is 22.4 Å². The van der Waals surface area contributed by atoms with E-state index in [4.69, 9.17) is 0 Å². The third kappa shape index (κ3) is 3.22. The van der Waals surface area contributed by atoms with E-state index in [9.17, 15) is 9.59 Å². The molecule has 5 nitrogen and oxygen atoms in total. The molecule has 0 radical (unpaired) electrons. The molecule has 1 aromatic carbocycles. The lowest BCUT2D eigenvalue weighted by molar-refractivity contribution is -0.115. The summed E-state index contributed by atoms with van der Waals surface area (Å²) in [5, 5.41) is 5.82. The number of carbonyl (C=O) groups is 2. The number of nitrogens with zero attached hydrogens (tertiary/aromatic N) is 1. The van der Waals surface area contributed by atoms with Crippen molar-refractivity contribution in [2.24, 2.45) is 0 Å².